The molecule has 0 saturated carbocycles. The lowest BCUT2D eigenvalue weighted by atomic mass is 9.76. The zero-order valence-electron chi connectivity index (χ0n) is 11.4. The van der Waals surface area contributed by atoms with Crippen molar-refractivity contribution < 1.29 is 9.50 Å². The summed E-state index contributed by atoms with van der Waals surface area (Å²) in [5, 5.41) is 10.6. The number of halogens is 1. The summed E-state index contributed by atoms with van der Waals surface area (Å²) >= 11 is 0. The highest BCUT2D eigenvalue weighted by atomic mass is 19.1. The van der Waals surface area contributed by atoms with Gasteiger partial charge >= 0.3 is 0 Å². The molecule has 0 saturated heterocycles. The number of aromatic nitrogens is 1. The molecule has 0 spiro atoms. The van der Waals surface area contributed by atoms with Gasteiger partial charge in [0.1, 0.15) is 5.82 Å². The van der Waals surface area contributed by atoms with Crippen LogP contribution in [-0.4, -0.2) is 10.1 Å². The van der Waals surface area contributed by atoms with E-state index in [-0.39, 0.29) is 5.82 Å². The van der Waals surface area contributed by atoms with E-state index in [0.717, 1.165) is 16.7 Å². The van der Waals surface area contributed by atoms with Crippen molar-refractivity contribution in [2.75, 3.05) is 0 Å². The fourth-order valence-corrected chi connectivity index (χ4v) is 2.19. The van der Waals surface area contributed by atoms with Crippen LogP contribution in [0.5, 0.6) is 0 Å². The van der Waals surface area contributed by atoms with E-state index in [1.54, 1.807) is 24.5 Å². The normalized spacial score (nSPS) is 13.3. The van der Waals surface area contributed by atoms with Gasteiger partial charge < -0.3 is 5.11 Å². The third-order valence-corrected chi connectivity index (χ3v) is 3.65. The molecule has 1 N–H and O–H groups in total. The van der Waals surface area contributed by atoms with E-state index in [1.165, 1.54) is 12.1 Å². The number of pyridine rings is 1. The van der Waals surface area contributed by atoms with Gasteiger partial charge in [-0.2, -0.15) is 0 Å². The average molecular weight is 259 g/mol. The number of hydrogen-bond donors (Lipinski definition) is 1. The Bertz CT molecular complexity index is 563. The summed E-state index contributed by atoms with van der Waals surface area (Å²) in [5.41, 5.74) is 2.18. The van der Waals surface area contributed by atoms with Crippen molar-refractivity contribution in [1.29, 1.82) is 0 Å². The van der Waals surface area contributed by atoms with Gasteiger partial charge in [0.05, 0.1) is 6.10 Å². The number of benzene rings is 1. The lowest BCUT2D eigenvalue weighted by Gasteiger charge is -2.32. The fraction of sp³-hybridized carbons (Fsp3) is 0.312. The highest BCUT2D eigenvalue weighted by Gasteiger charge is 2.32. The minimum atomic E-state index is -0.688. The number of rotatable bonds is 3. The molecule has 0 aliphatic carbocycles. The molecule has 2 nitrogen and oxygen atoms in total. The Morgan fingerprint density at radius 2 is 1.79 bits per heavy atom. The maximum atomic E-state index is 13.0. The van der Waals surface area contributed by atoms with Gasteiger partial charge in [0.25, 0.3) is 0 Å². The molecule has 0 fully saturated rings. The Balaban J connectivity index is 2.39. The van der Waals surface area contributed by atoms with Gasteiger partial charge in [-0.25, -0.2) is 4.39 Å². The topological polar surface area (TPSA) is 33.1 Å². The van der Waals surface area contributed by atoms with Gasteiger partial charge in [-0.1, -0.05) is 26.0 Å². The molecular weight excluding hydrogens is 241 g/mol. The molecular formula is C16H18FNO. The second kappa shape index (κ2) is 5.10. The highest BCUT2D eigenvalue weighted by Crippen LogP contribution is 2.37. The maximum Gasteiger partial charge on any atom is 0.123 e. The molecule has 2 aromatic rings. The Kier molecular flexibility index (Phi) is 3.67. The van der Waals surface area contributed by atoms with Crippen molar-refractivity contribution >= 4 is 0 Å². The molecule has 0 bridgehead atoms. The largest absolute Gasteiger partial charge is 0.387 e. The first-order valence-electron chi connectivity index (χ1n) is 6.27. The van der Waals surface area contributed by atoms with E-state index in [9.17, 15) is 9.50 Å². The number of aryl methyl sites for hydroxylation is 1. The predicted octanol–water partition coefficient (Wildman–Crippen LogP) is 3.54. The Morgan fingerprint density at radius 1 is 1.16 bits per heavy atom. The van der Waals surface area contributed by atoms with Crippen molar-refractivity contribution in [3.63, 3.8) is 0 Å². The lowest BCUT2D eigenvalue weighted by molar-refractivity contribution is 0.0992. The summed E-state index contributed by atoms with van der Waals surface area (Å²) in [6.45, 7) is 5.83. The first-order chi connectivity index (χ1) is 8.93. The van der Waals surface area contributed by atoms with Crippen LogP contribution in [0.2, 0.25) is 0 Å². The van der Waals surface area contributed by atoms with Crippen molar-refractivity contribution in [2.24, 2.45) is 0 Å². The van der Waals surface area contributed by atoms with Crippen LogP contribution in [-0.2, 0) is 5.41 Å². The predicted molar refractivity (Wildman–Crippen MR) is 73.4 cm³/mol. The number of hydrogen-bond acceptors (Lipinski definition) is 2. The van der Waals surface area contributed by atoms with E-state index in [0.29, 0.717) is 0 Å². The second-order valence-corrected chi connectivity index (χ2v) is 5.36. The fourth-order valence-electron chi connectivity index (χ4n) is 2.19. The van der Waals surface area contributed by atoms with Crippen LogP contribution >= 0.6 is 0 Å². The molecule has 0 amide bonds. The first-order valence-corrected chi connectivity index (χ1v) is 6.27. The zero-order chi connectivity index (χ0) is 14.0. The molecule has 1 aromatic heterocycles. The molecule has 1 aromatic carbocycles. The van der Waals surface area contributed by atoms with Crippen LogP contribution in [0.25, 0.3) is 0 Å². The van der Waals surface area contributed by atoms with Gasteiger partial charge in [-0.15, -0.1) is 0 Å². The van der Waals surface area contributed by atoms with Crippen LogP contribution in [0.1, 0.15) is 36.6 Å². The van der Waals surface area contributed by atoms with Crippen LogP contribution in [0.3, 0.4) is 0 Å². The molecule has 0 aliphatic rings. The number of aliphatic hydroxyl groups excluding tert-OH is 1. The molecule has 1 atom stereocenters. The third-order valence-electron chi connectivity index (χ3n) is 3.65. The summed E-state index contributed by atoms with van der Waals surface area (Å²) in [6, 6.07) is 8.13. The number of aliphatic hydroxyl groups is 1. The highest BCUT2D eigenvalue weighted by molar-refractivity contribution is 5.33. The van der Waals surface area contributed by atoms with Crippen molar-refractivity contribution in [3.05, 3.63) is 65.2 Å². The Morgan fingerprint density at radius 3 is 2.37 bits per heavy atom. The first kappa shape index (κ1) is 13.7. The molecule has 1 heterocycles. The van der Waals surface area contributed by atoms with Crippen molar-refractivity contribution in [1.82, 2.24) is 4.98 Å². The van der Waals surface area contributed by atoms with Crippen LogP contribution < -0.4 is 0 Å². The van der Waals surface area contributed by atoms with Crippen LogP contribution in [0, 0.1) is 12.7 Å². The smallest absolute Gasteiger partial charge is 0.123 e. The monoisotopic (exact) mass is 259 g/mol. The second-order valence-electron chi connectivity index (χ2n) is 5.36. The molecule has 2 rings (SSSR count). The summed E-state index contributed by atoms with van der Waals surface area (Å²) in [5.74, 6) is -0.272. The van der Waals surface area contributed by atoms with Crippen molar-refractivity contribution in [3.8, 4) is 0 Å². The van der Waals surface area contributed by atoms with E-state index in [4.69, 9.17) is 0 Å². The summed E-state index contributed by atoms with van der Waals surface area (Å²) < 4.78 is 13.0. The molecule has 0 radical (unpaired) electrons. The molecule has 100 valence electrons. The van der Waals surface area contributed by atoms with Crippen LogP contribution in [0.15, 0.2) is 42.7 Å². The molecule has 1 unspecified atom stereocenters. The molecule has 19 heavy (non-hydrogen) atoms. The van der Waals surface area contributed by atoms with Gasteiger partial charge in [0.2, 0.25) is 0 Å². The van der Waals surface area contributed by atoms with Crippen LogP contribution in [0.4, 0.5) is 4.39 Å². The Hall–Kier alpha value is -1.74. The van der Waals surface area contributed by atoms with Gasteiger partial charge in [0.15, 0.2) is 0 Å². The standard InChI is InChI=1S/C16H18FNO/c1-11-8-9-18-10-14(11)15(19)16(2,3)12-4-6-13(17)7-5-12/h4-10,15,19H,1-3H3. The quantitative estimate of drug-likeness (QED) is 0.914. The van der Waals surface area contributed by atoms with E-state index in [2.05, 4.69) is 4.98 Å². The maximum absolute atomic E-state index is 13.0. The lowest BCUT2D eigenvalue weighted by Crippen LogP contribution is -2.27. The molecule has 0 aliphatic heterocycles. The Labute approximate surface area is 112 Å². The SMILES string of the molecule is Cc1ccncc1C(O)C(C)(C)c1ccc(F)cc1. The van der Waals surface area contributed by atoms with Gasteiger partial charge in [-0.05, 0) is 36.2 Å². The van der Waals surface area contributed by atoms with Crippen molar-refractivity contribution in [2.45, 2.75) is 32.3 Å². The summed E-state index contributed by atoms with van der Waals surface area (Å²) in [4.78, 5) is 4.07. The zero-order valence-corrected chi connectivity index (χ0v) is 11.4. The van der Waals surface area contributed by atoms with Gasteiger partial charge in [-0.3, -0.25) is 4.98 Å². The summed E-state index contributed by atoms with van der Waals surface area (Å²) in [7, 11) is 0. The summed E-state index contributed by atoms with van der Waals surface area (Å²) in [6.07, 6.45) is 2.70. The molecule has 3 heteroatoms. The minimum Gasteiger partial charge on any atom is -0.387 e. The van der Waals surface area contributed by atoms with Gasteiger partial charge in [0, 0.05) is 23.4 Å². The van der Waals surface area contributed by atoms with E-state index in [1.807, 2.05) is 26.8 Å². The minimum absolute atomic E-state index is 0.272. The number of nitrogens with zero attached hydrogens (tertiary/aromatic N) is 1. The van der Waals surface area contributed by atoms with E-state index >= 15 is 0 Å². The average Bonchev–Trinajstić information content (AvgIpc) is 2.39. The van der Waals surface area contributed by atoms with E-state index < -0.39 is 11.5 Å². The third kappa shape index (κ3) is 2.66.